The van der Waals surface area contributed by atoms with Crippen molar-refractivity contribution in [1.82, 2.24) is 9.88 Å². The number of hydrogen-bond acceptors (Lipinski definition) is 5. The molecule has 0 N–H and O–H groups in total. The zero-order valence-corrected chi connectivity index (χ0v) is 17.4. The Hall–Kier alpha value is -2.05. The van der Waals surface area contributed by atoms with E-state index in [-0.39, 0.29) is 5.91 Å². The molecule has 6 heteroatoms. The van der Waals surface area contributed by atoms with Crippen LogP contribution in [0.15, 0.2) is 58.5 Å². The van der Waals surface area contributed by atoms with Gasteiger partial charge in [0.15, 0.2) is 10.8 Å². The van der Waals surface area contributed by atoms with Gasteiger partial charge in [-0.1, -0.05) is 30.3 Å². The van der Waals surface area contributed by atoms with Gasteiger partial charge in [-0.05, 0) is 42.9 Å². The third kappa shape index (κ3) is 5.06. The van der Waals surface area contributed by atoms with Gasteiger partial charge < -0.3 is 9.32 Å². The minimum atomic E-state index is 0.254. The minimum Gasteiger partial charge on any atom is -0.462 e. The largest absolute Gasteiger partial charge is 0.462 e. The SMILES string of the molecule is O=C(CSCc1csc(-c2ccco2)n1)N1CCC(Cc2ccccc2)CC1. The number of hydrogen-bond donors (Lipinski definition) is 0. The van der Waals surface area contributed by atoms with Crippen molar-refractivity contribution in [3.8, 4) is 10.8 Å². The number of amides is 1. The Balaban J connectivity index is 1.18. The van der Waals surface area contributed by atoms with E-state index in [0.717, 1.165) is 54.6 Å². The Morgan fingerprint density at radius 2 is 2.00 bits per heavy atom. The van der Waals surface area contributed by atoms with Crippen molar-refractivity contribution >= 4 is 29.0 Å². The maximum absolute atomic E-state index is 12.5. The molecule has 4 nitrogen and oxygen atoms in total. The van der Waals surface area contributed by atoms with Gasteiger partial charge in [0.2, 0.25) is 5.91 Å². The predicted octanol–water partition coefficient (Wildman–Crippen LogP) is 5.12. The second-order valence-electron chi connectivity index (χ2n) is 7.13. The third-order valence-corrected chi connectivity index (χ3v) is 6.95. The molecule has 1 fully saturated rings. The topological polar surface area (TPSA) is 46.3 Å². The van der Waals surface area contributed by atoms with E-state index in [1.807, 2.05) is 22.4 Å². The Bertz CT molecular complexity index is 869. The van der Waals surface area contributed by atoms with Crippen molar-refractivity contribution in [2.75, 3.05) is 18.8 Å². The maximum atomic E-state index is 12.5. The summed E-state index contributed by atoms with van der Waals surface area (Å²) < 4.78 is 5.38. The number of piperidine rings is 1. The number of nitrogens with zero attached hydrogens (tertiary/aromatic N) is 2. The van der Waals surface area contributed by atoms with Gasteiger partial charge in [-0.25, -0.2) is 4.98 Å². The summed E-state index contributed by atoms with van der Waals surface area (Å²) in [5.41, 5.74) is 2.41. The monoisotopic (exact) mass is 412 g/mol. The third-order valence-electron chi connectivity index (χ3n) is 5.09. The lowest BCUT2D eigenvalue weighted by Crippen LogP contribution is -2.39. The summed E-state index contributed by atoms with van der Waals surface area (Å²) in [6, 6.07) is 14.4. The van der Waals surface area contributed by atoms with Gasteiger partial charge in [0, 0.05) is 24.2 Å². The molecule has 0 atom stereocenters. The van der Waals surface area contributed by atoms with Gasteiger partial charge in [-0.2, -0.15) is 0 Å². The molecule has 1 amide bonds. The van der Waals surface area contributed by atoms with Crippen LogP contribution < -0.4 is 0 Å². The molecule has 1 aliphatic heterocycles. The van der Waals surface area contributed by atoms with Gasteiger partial charge in [-0.3, -0.25) is 4.79 Å². The Kier molecular flexibility index (Phi) is 6.49. The van der Waals surface area contributed by atoms with Crippen LogP contribution in [0.4, 0.5) is 0 Å². The molecule has 0 radical (unpaired) electrons. The zero-order chi connectivity index (χ0) is 19.2. The molecule has 0 bridgehead atoms. The van der Waals surface area contributed by atoms with Crippen molar-refractivity contribution in [3.63, 3.8) is 0 Å². The van der Waals surface area contributed by atoms with Crippen molar-refractivity contribution in [2.24, 2.45) is 5.92 Å². The first kappa shape index (κ1) is 19.3. The summed E-state index contributed by atoms with van der Waals surface area (Å²) >= 11 is 3.23. The highest BCUT2D eigenvalue weighted by molar-refractivity contribution is 7.99. The van der Waals surface area contributed by atoms with Crippen LogP contribution in [0.5, 0.6) is 0 Å². The summed E-state index contributed by atoms with van der Waals surface area (Å²) in [5.74, 6) is 3.03. The average Bonchev–Trinajstić information content (AvgIpc) is 3.41. The normalized spacial score (nSPS) is 15.1. The summed E-state index contributed by atoms with van der Waals surface area (Å²) in [7, 11) is 0. The maximum Gasteiger partial charge on any atom is 0.232 e. The van der Waals surface area contributed by atoms with Crippen LogP contribution in [0, 0.1) is 5.92 Å². The standard InChI is InChI=1S/C22H24N2O2S2/c25-21(16-27-14-19-15-28-22(23-19)20-7-4-12-26-20)24-10-8-18(9-11-24)13-17-5-2-1-3-6-17/h1-7,12,15,18H,8-11,13-14,16H2. The quantitative estimate of drug-likeness (QED) is 0.540. The molecule has 1 saturated heterocycles. The summed E-state index contributed by atoms with van der Waals surface area (Å²) in [6.07, 6.45) is 4.99. The van der Waals surface area contributed by atoms with E-state index < -0.39 is 0 Å². The number of thioether (sulfide) groups is 1. The average molecular weight is 413 g/mol. The second-order valence-corrected chi connectivity index (χ2v) is 8.97. The van der Waals surface area contributed by atoms with Crippen LogP contribution >= 0.6 is 23.1 Å². The second kappa shape index (κ2) is 9.43. The van der Waals surface area contributed by atoms with Crippen LogP contribution in [0.2, 0.25) is 0 Å². The molecule has 3 heterocycles. The Morgan fingerprint density at radius 1 is 1.18 bits per heavy atom. The highest BCUT2D eigenvalue weighted by Crippen LogP contribution is 2.26. The lowest BCUT2D eigenvalue weighted by atomic mass is 9.90. The molecule has 146 valence electrons. The fourth-order valence-corrected chi connectivity index (χ4v) is 5.26. The smallest absolute Gasteiger partial charge is 0.232 e. The Morgan fingerprint density at radius 3 is 2.75 bits per heavy atom. The van der Waals surface area contributed by atoms with Crippen LogP contribution in [0.25, 0.3) is 10.8 Å². The lowest BCUT2D eigenvalue weighted by Gasteiger charge is -2.32. The molecule has 3 aromatic rings. The molecule has 1 aromatic carbocycles. The number of benzene rings is 1. The van der Waals surface area contributed by atoms with Gasteiger partial charge >= 0.3 is 0 Å². The fraction of sp³-hybridized carbons (Fsp3) is 0.364. The van der Waals surface area contributed by atoms with Crippen LogP contribution in [0.1, 0.15) is 24.1 Å². The van der Waals surface area contributed by atoms with Gasteiger partial charge in [-0.15, -0.1) is 23.1 Å². The highest BCUT2D eigenvalue weighted by Gasteiger charge is 2.22. The van der Waals surface area contributed by atoms with E-state index in [1.165, 1.54) is 5.56 Å². The molecular weight excluding hydrogens is 388 g/mol. The molecule has 0 aliphatic carbocycles. The number of rotatable bonds is 7. The van der Waals surface area contributed by atoms with Crippen LogP contribution in [0.3, 0.4) is 0 Å². The molecular formula is C22H24N2O2S2. The molecule has 0 saturated carbocycles. The molecule has 4 rings (SSSR count). The molecule has 0 spiro atoms. The summed E-state index contributed by atoms with van der Waals surface area (Å²) in [4.78, 5) is 19.1. The zero-order valence-electron chi connectivity index (χ0n) is 15.8. The number of furan rings is 1. The first-order valence-corrected chi connectivity index (χ1v) is 11.7. The number of thiazole rings is 1. The lowest BCUT2D eigenvalue weighted by molar-refractivity contribution is -0.129. The van der Waals surface area contributed by atoms with E-state index in [2.05, 4.69) is 35.3 Å². The van der Waals surface area contributed by atoms with Crippen LogP contribution in [-0.4, -0.2) is 34.6 Å². The number of carbonyl (C=O) groups excluding carboxylic acids is 1. The first-order valence-electron chi connectivity index (χ1n) is 9.65. The van der Waals surface area contributed by atoms with E-state index in [4.69, 9.17) is 4.42 Å². The first-order chi connectivity index (χ1) is 13.8. The van der Waals surface area contributed by atoms with E-state index in [1.54, 1.807) is 29.4 Å². The number of aromatic nitrogens is 1. The Labute approximate surface area is 174 Å². The van der Waals surface area contributed by atoms with Gasteiger partial charge in [0.25, 0.3) is 0 Å². The molecule has 0 unspecified atom stereocenters. The summed E-state index contributed by atoms with van der Waals surface area (Å²) in [6.45, 7) is 1.77. The number of likely N-dealkylation sites (tertiary alicyclic amines) is 1. The minimum absolute atomic E-state index is 0.254. The fourth-order valence-electron chi connectivity index (χ4n) is 3.55. The summed E-state index contributed by atoms with van der Waals surface area (Å²) in [5, 5.41) is 2.94. The van der Waals surface area contributed by atoms with Gasteiger partial charge in [0.1, 0.15) is 0 Å². The molecule has 2 aromatic heterocycles. The van der Waals surface area contributed by atoms with Crippen molar-refractivity contribution < 1.29 is 9.21 Å². The van der Waals surface area contributed by atoms with E-state index in [0.29, 0.717) is 11.7 Å². The van der Waals surface area contributed by atoms with Crippen molar-refractivity contribution in [3.05, 3.63) is 65.4 Å². The molecule has 1 aliphatic rings. The van der Waals surface area contributed by atoms with E-state index in [9.17, 15) is 4.79 Å². The van der Waals surface area contributed by atoms with Gasteiger partial charge in [0.05, 0.1) is 17.7 Å². The molecule has 28 heavy (non-hydrogen) atoms. The van der Waals surface area contributed by atoms with Crippen LogP contribution in [-0.2, 0) is 17.0 Å². The predicted molar refractivity (Wildman–Crippen MR) is 115 cm³/mol. The highest BCUT2D eigenvalue weighted by atomic mass is 32.2. The van der Waals surface area contributed by atoms with Crippen molar-refractivity contribution in [2.45, 2.75) is 25.0 Å². The number of carbonyl (C=O) groups is 1. The van der Waals surface area contributed by atoms with Crippen molar-refractivity contribution in [1.29, 1.82) is 0 Å². The van der Waals surface area contributed by atoms with E-state index >= 15 is 0 Å².